The van der Waals surface area contributed by atoms with Crippen LogP contribution in [0.1, 0.15) is 5.56 Å². The van der Waals surface area contributed by atoms with E-state index in [0.717, 1.165) is 5.56 Å². The van der Waals surface area contributed by atoms with E-state index in [0.29, 0.717) is 52.1 Å². The molecule has 0 radical (unpaired) electrons. The standard InChI is InChI=1S/C17H27ClO7S/c1-16-2-4-17(5-3-16)26(19,20)25-15-14-24-13-12-23-11-10-22-9-8-21-7-6-18/h2-5H,6-15H2,1H3. The lowest BCUT2D eigenvalue weighted by Crippen LogP contribution is -2.15. The number of aryl methyl sites for hydroxylation is 1. The molecule has 1 aromatic carbocycles. The molecule has 1 aromatic rings. The maximum Gasteiger partial charge on any atom is 0.297 e. The van der Waals surface area contributed by atoms with Gasteiger partial charge in [0.25, 0.3) is 10.1 Å². The highest BCUT2D eigenvalue weighted by atomic mass is 35.5. The number of alkyl halides is 1. The van der Waals surface area contributed by atoms with Gasteiger partial charge in [-0.1, -0.05) is 17.7 Å². The Morgan fingerprint density at radius 3 is 1.62 bits per heavy atom. The van der Waals surface area contributed by atoms with E-state index in [-0.39, 0.29) is 18.1 Å². The zero-order valence-electron chi connectivity index (χ0n) is 15.0. The van der Waals surface area contributed by atoms with Crippen LogP contribution in [0, 0.1) is 6.92 Å². The van der Waals surface area contributed by atoms with Crippen molar-refractivity contribution in [3.8, 4) is 0 Å². The van der Waals surface area contributed by atoms with Gasteiger partial charge in [-0.15, -0.1) is 11.6 Å². The molecule has 26 heavy (non-hydrogen) atoms. The van der Waals surface area contributed by atoms with Gasteiger partial charge in [0, 0.05) is 5.88 Å². The van der Waals surface area contributed by atoms with Gasteiger partial charge in [-0.3, -0.25) is 4.18 Å². The lowest BCUT2D eigenvalue weighted by molar-refractivity contribution is -0.00305. The van der Waals surface area contributed by atoms with Gasteiger partial charge in [-0.2, -0.15) is 8.42 Å². The Kier molecular flexibility index (Phi) is 12.8. The first-order chi connectivity index (χ1) is 12.6. The van der Waals surface area contributed by atoms with E-state index in [4.69, 9.17) is 34.7 Å². The molecule has 0 saturated carbocycles. The van der Waals surface area contributed by atoms with Crippen molar-refractivity contribution in [3.05, 3.63) is 29.8 Å². The maximum atomic E-state index is 11.9. The summed E-state index contributed by atoms with van der Waals surface area (Å²) in [5.41, 5.74) is 0.984. The third-order valence-electron chi connectivity index (χ3n) is 3.11. The second kappa shape index (κ2) is 14.3. The zero-order valence-corrected chi connectivity index (χ0v) is 16.6. The van der Waals surface area contributed by atoms with Crippen LogP contribution in [0.25, 0.3) is 0 Å². The third-order valence-corrected chi connectivity index (χ3v) is 4.59. The van der Waals surface area contributed by atoms with E-state index >= 15 is 0 Å². The highest BCUT2D eigenvalue weighted by molar-refractivity contribution is 7.86. The van der Waals surface area contributed by atoms with Crippen LogP contribution in [-0.2, 0) is 33.2 Å². The molecule has 7 nitrogen and oxygen atoms in total. The summed E-state index contributed by atoms with van der Waals surface area (Å²) in [6, 6.07) is 6.48. The van der Waals surface area contributed by atoms with Crippen LogP contribution in [0.15, 0.2) is 29.2 Å². The predicted molar refractivity (Wildman–Crippen MR) is 98.3 cm³/mol. The average molecular weight is 411 g/mol. The van der Waals surface area contributed by atoms with E-state index in [1.54, 1.807) is 12.1 Å². The SMILES string of the molecule is Cc1ccc(S(=O)(=O)OCCOCCOCCOCCOCCCl)cc1. The molecule has 0 aliphatic carbocycles. The van der Waals surface area contributed by atoms with Crippen molar-refractivity contribution in [3.63, 3.8) is 0 Å². The summed E-state index contributed by atoms with van der Waals surface area (Å²) in [4.78, 5) is 0.138. The summed E-state index contributed by atoms with van der Waals surface area (Å²) in [6.45, 7) is 5.24. The summed E-state index contributed by atoms with van der Waals surface area (Å²) < 4.78 is 49.8. The summed E-state index contributed by atoms with van der Waals surface area (Å²) in [7, 11) is -3.74. The monoisotopic (exact) mass is 410 g/mol. The fourth-order valence-corrected chi connectivity index (χ4v) is 2.79. The van der Waals surface area contributed by atoms with Crippen molar-refractivity contribution in [1.29, 1.82) is 0 Å². The molecule has 0 aliphatic heterocycles. The molecular formula is C17H27ClO7S. The van der Waals surface area contributed by atoms with Crippen LogP contribution < -0.4 is 0 Å². The summed E-state index contributed by atoms with van der Waals surface area (Å²) in [5, 5.41) is 0. The Hall–Kier alpha value is -0.740. The van der Waals surface area contributed by atoms with E-state index in [1.807, 2.05) is 6.92 Å². The molecule has 0 atom stereocenters. The number of rotatable bonds is 16. The number of benzene rings is 1. The molecule has 0 aromatic heterocycles. The van der Waals surface area contributed by atoms with Gasteiger partial charge in [0.15, 0.2) is 0 Å². The van der Waals surface area contributed by atoms with Crippen LogP contribution in [0.5, 0.6) is 0 Å². The van der Waals surface area contributed by atoms with Crippen molar-refractivity contribution >= 4 is 21.7 Å². The van der Waals surface area contributed by atoms with Gasteiger partial charge in [-0.25, -0.2) is 0 Å². The number of hydrogen-bond donors (Lipinski definition) is 0. The molecule has 0 bridgehead atoms. The molecule has 0 amide bonds. The normalized spacial score (nSPS) is 11.8. The first-order valence-electron chi connectivity index (χ1n) is 8.39. The number of hydrogen-bond acceptors (Lipinski definition) is 7. The number of ether oxygens (including phenoxy) is 4. The minimum atomic E-state index is -3.74. The van der Waals surface area contributed by atoms with E-state index in [2.05, 4.69) is 0 Å². The summed E-state index contributed by atoms with van der Waals surface area (Å²) >= 11 is 5.46. The van der Waals surface area contributed by atoms with Crippen LogP contribution in [0.3, 0.4) is 0 Å². The van der Waals surface area contributed by atoms with Crippen LogP contribution in [-0.4, -0.2) is 73.8 Å². The van der Waals surface area contributed by atoms with E-state index < -0.39 is 10.1 Å². The lowest BCUT2D eigenvalue weighted by Gasteiger charge is -2.08. The number of halogens is 1. The molecule has 0 unspecified atom stereocenters. The lowest BCUT2D eigenvalue weighted by atomic mass is 10.2. The van der Waals surface area contributed by atoms with Crippen LogP contribution in [0.2, 0.25) is 0 Å². The molecule has 150 valence electrons. The Balaban J connectivity index is 1.94. The highest BCUT2D eigenvalue weighted by Crippen LogP contribution is 2.12. The van der Waals surface area contributed by atoms with Crippen LogP contribution >= 0.6 is 11.6 Å². The van der Waals surface area contributed by atoms with Crippen molar-refractivity contribution in [1.82, 2.24) is 0 Å². The van der Waals surface area contributed by atoms with Gasteiger partial charge >= 0.3 is 0 Å². The smallest absolute Gasteiger partial charge is 0.297 e. The van der Waals surface area contributed by atoms with Gasteiger partial charge in [-0.05, 0) is 19.1 Å². The minimum Gasteiger partial charge on any atom is -0.378 e. The Labute approximate surface area is 160 Å². The van der Waals surface area contributed by atoms with Crippen molar-refractivity contribution in [2.24, 2.45) is 0 Å². The molecule has 0 spiro atoms. The Morgan fingerprint density at radius 2 is 1.15 bits per heavy atom. The Bertz CT molecular complexity index is 563. The minimum absolute atomic E-state index is 0.0401. The van der Waals surface area contributed by atoms with E-state index in [9.17, 15) is 8.42 Å². The van der Waals surface area contributed by atoms with Gasteiger partial charge in [0.05, 0.1) is 64.4 Å². The first-order valence-corrected chi connectivity index (χ1v) is 10.3. The second-order valence-corrected chi connectivity index (χ2v) is 7.22. The Morgan fingerprint density at radius 1 is 0.731 bits per heavy atom. The fourth-order valence-electron chi connectivity index (χ4n) is 1.79. The van der Waals surface area contributed by atoms with Gasteiger partial charge in [0.2, 0.25) is 0 Å². The zero-order chi connectivity index (χ0) is 19.1. The average Bonchev–Trinajstić information content (AvgIpc) is 2.62. The quantitative estimate of drug-likeness (QED) is 0.234. The third kappa shape index (κ3) is 11.1. The van der Waals surface area contributed by atoms with E-state index in [1.165, 1.54) is 12.1 Å². The predicted octanol–water partition coefficient (Wildman–Crippen LogP) is 2.01. The molecule has 0 aliphatic rings. The van der Waals surface area contributed by atoms with Gasteiger partial charge < -0.3 is 18.9 Å². The maximum absolute atomic E-state index is 11.9. The molecule has 0 N–H and O–H groups in total. The summed E-state index contributed by atoms with van der Waals surface area (Å²) in [6.07, 6.45) is 0. The molecule has 0 heterocycles. The van der Waals surface area contributed by atoms with Crippen molar-refractivity contribution in [2.75, 3.05) is 65.3 Å². The second-order valence-electron chi connectivity index (χ2n) is 5.23. The van der Waals surface area contributed by atoms with Crippen LogP contribution in [0.4, 0.5) is 0 Å². The molecule has 1 rings (SSSR count). The van der Waals surface area contributed by atoms with Crippen molar-refractivity contribution in [2.45, 2.75) is 11.8 Å². The fraction of sp³-hybridized carbons (Fsp3) is 0.647. The molecular weight excluding hydrogens is 384 g/mol. The van der Waals surface area contributed by atoms with Crippen molar-refractivity contribution < 1.29 is 31.5 Å². The van der Waals surface area contributed by atoms with Gasteiger partial charge in [0.1, 0.15) is 0 Å². The first kappa shape index (κ1) is 23.3. The molecule has 9 heteroatoms. The summed E-state index contributed by atoms with van der Waals surface area (Å²) in [5.74, 6) is 0.478. The highest BCUT2D eigenvalue weighted by Gasteiger charge is 2.14. The molecule has 0 fully saturated rings. The largest absolute Gasteiger partial charge is 0.378 e. The molecule has 0 saturated heterocycles. The topological polar surface area (TPSA) is 80.3 Å².